The second kappa shape index (κ2) is 4.77. The Morgan fingerprint density at radius 1 is 1.25 bits per heavy atom. The number of carbonyl (C=O) groups is 1. The quantitative estimate of drug-likeness (QED) is 0.792. The summed E-state index contributed by atoms with van der Waals surface area (Å²) in [6.45, 7) is 2.09. The zero-order valence-corrected chi connectivity index (χ0v) is 10.9. The van der Waals surface area contributed by atoms with E-state index in [1.54, 1.807) is 22.8 Å². The van der Waals surface area contributed by atoms with Crippen LogP contribution in [-0.4, -0.2) is 25.7 Å². The molecule has 5 nitrogen and oxygen atoms in total. The van der Waals surface area contributed by atoms with E-state index >= 15 is 0 Å². The van der Waals surface area contributed by atoms with Gasteiger partial charge < -0.3 is 5.11 Å². The van der Waals surface area contributed by atoms with Crippen LogP contribution in [0.25, 0.3) is 16.9 Å². The molecular weight excluding hydrogens is 254 g/mol. The van der Waals surface area contributed by atoms with Gasteiger partial charge in [-0.1, -0.05) is 31.2 Å². The van der Waals surface area contributed by atoms with E-state index in [1.807, 2.05) is 24.3 Å². The standard InChI is InChI=1S/C15H13N3O2/c1-2-10-3-5-11(6-4-10)13-9-12(15(19)20)17-14-7-8-16-18(13)14/h3-9H,2H2,1H3,(H,19,20). The van der Waals surface area contributed by atoms with Crippen molar-refractivity contribution in [3.05, 3.63) is 53.9 Å². The number of carboxylic acid groups (broad SMARTS) is 1. The molecule has 0 spiro atoms. The highest BCUT2D eigenvalue weighted by molar-refractivity contribution is 5.87. The van der Waals surface area contributed by atoms with Crippen LogP contribution in [0.4, 0.5) is 0 Å². The summed E-state index contributed by atoms with van der Waals surface area (Å²) in [5.41, 5.74) is 3.42. The van der Waals surface area contributed by atoms with Crippen molar-refractivity contribution in [3.63, 3.8) is 0 Å². The molecule has 3 aromatic rings. The van der Waals surface area contributed by atoms with Gasteiger partial charge in [0.2, 0.25) is 0 Å². The molecule has 0 saturated heterocycles. The van der Waals surface area contributed by atoms with Gasteiger partial charge in [0.25, 0.3) is 0 Å². The van der Waals surface area contributed by atoms with Crippen LogP contribution in [0.1, 0.15) is 23.0 Å². The predicted octanol–water partition coefficient (Wildman–Crippen LogP) is 2.66. The topological polar surface area (TPSA) is 67.5 Å². The van der Waals surface area contributed by atoms with Crippen molar-refractivity contribution in [2.75, 3.05) is 0 Å². The van der Waals surface area contributed by atoms with Crippen molar-refractivity contribution in [2.45, 2.75) is 13.3 Å². The van der Waals surface area contributed by atoms with Crippen LogP contribution >= 0.6 is 0 Å². The van der Waals surface area contributed by atoms with Gasteiger partial charge in [0.15, 0.2) is 11.3 Å². The lowest BCUT2D eigenvalue weighted by molar-refractivity contribution is 0.0690. The van der Waals surface area contributed by atoms with E-state index in [0.29, 0.717) is 5.65 Å². The third-order valence-corrected chi connectivity index (χ3v) is 3.24. The summed E-state index contributed by atoms with van der Waals surface area (Å²) >= 11 is 0. The molecule has 2 aromatic heterocycles. The Bertz CT molecular complexity index is 775. The second-order valence-electron chi connectivity index (χ2n) is 4.48. The highest BCUT2D eigenvalue weighted by Crippen LogP contribution is 2.21. The molecule has 0 radical (unpaired) electrons. The third kappa shape index (κ3) is 2.03. The number of fused-ring (bicyclic) bond motifs is 1. The summed E-state index contributed by atoms with van der Waals surface area (Å²) in [7, 11) is 0. The Hall–Kier alpha value is -2.69. The number of benzene rings is 1. The van der Waals surface area contributed by atoms with Crippen molar-refractivity contribution in [2.24, 2.45) is 0 Å². The summed E-state index contributed by atoms with van der Waals surface area (Å²) < 4.78 is 1.65. The van der Waals surface area contributed by atoms with Gasteiger partial charge in [-0.05, 0) is 18.1 Å². The monoisotopic (exact) mass is 267 g/mol. The average molecular weight is 267 g/mol. The van der Waals surface area contributed by atoms with E-state index in [-0.39, 0.29) is 5.69 Å². The number of aromatic carboxylic acids is 1. The third-order valence-electron chi connectivity index (χ3n) is 3.24. The Morgan fingerprint density at radius 3 is 2.65 bits per heavy atom. The van der Waals surface area contributed by atoms with Gasteiger partial charge in [0, 0.05) is 11.6 Å². The van der Waals surface area contributed by atoms with Gasteiger partial charge in [0.1, 0.15) is 0 Å². The minimum Gasteiger partial charge on any atom is -0.477 e. The van der Waals surface area contributed by atoms with E-state index < -0.39 is 5.97 Å². The first-order valence-electron chi connectivity index (χ1n) is 6.36. The van der Waals surface area contributed by atoms with Crippen molar-refractivity contribution < 1.29 is 9.90 Å². The molecule has 1 aromatic carbocycles. The van der Waals surface area contributed by atoms with Gasteiger partial charge in [-0.2, -0.15) is 5.10 Å². The average Bonchev–Trinajstić information content (AvgIpc) is 2.94. The molecule has 20 heavy (non-hydrogen) atoms. The Balaban J connectivity index is 2.22. The molecule has 0 unspecified atom stereocenters. The summed E-state index contributed by atoms with van der Waals surface area (Å²) in [6, 6.07) is 11.2. The molecule has 1 N–H and O–H groups in total. The van der Waals surface area contributed by atoms with Gasteiger partial charge in [-0.25, -0.2) is 14.3 Å². The van der Waals surface area contributed by atoms with E-state index in [0.717, 1.165) is 17.7 Å². The highest BCUT2D eigenvalue weighted by Gasteiger charge is 2.12. The number of hydrogen-bond donors (Lipinski definition) is 1. The zero-order chi connectivity index (χ0) is 14.1. The summed E-state index contributed by atoms with van der Waals surface area (Å²) in [5, 5.41) is 13.3. The van der Waals surface area contributed by atoms with Crippen LogP contribution in [0.15, 0.2) is 42.6 Å². The predicted molar refractivity (Wildman–Crippen MR) is 74.8 cm³/mol. The van der Waals surface area contributed by atoms with Gasteiger partial charge >= 0.3 is 5.97 Å². The lowest BCUT2D eigenvalue weighted by Gasteiger charge is -2.07. The minimum absolute atomic E-state index is 0.0209. The molecule has 0 amide bonds. The number of aromatic nitrogens is 3. The second-order valence-corrected chi connectivity index (χ2v) is 4.48. The fraction of sp³-hybridized carbons (Fsp3) is 0.133. The van der Waals surface area contributed by atoms with Crippen molar-refractivity contribution >= 4 is 11.6 Å². The lowest BCUT2D eigenvalue weighted by Crippen LogP contribution is -2.05. The van der Waals surface area contributed by atoms with Crippen LogP contribution in [0.5, 0.6) is 0 Å². The van der Waals surface area contributed by atoms with Crippen molar-refractivity contribution in [3.8, 4) is 11.3 Å². The molecule has 5 heteroatoms. The molecule has 3 rings (SSSR count). The maximum atomic E-state index is 11.2. The fourth-order valence-electron chi connectivity index (χ4n) is 2.14. The fourth-order valence-corrected chi connectivity index (χ4v) is 2.14. The normalized spacial score (nSPS) is 10.8. The zero-order valence-electron chi connectivity index (χ0n) is 10.9. The van der Waals surface area contributed by atoms with Crippen LogP contribution in [0.3, 0.4) is 0 Å². The molecule has 100 valence electrons. The van der Waals surface area contributed by atoms with Crippen LogP contribution in [0.2, 0.25) is 0 Å². The van der Waals surface area contributed by atoms with E-state index in [9.17, 15) is 4.79 Å². The number of nitrogens with zero attached hydrogens (tertiary/aromatic N) is 3. The molecule has 2 heterocycles. The van der Waals surface area contributed by atoms with Crippen molar-refractivity contribution in [1.29, 1.82) is 0 Å². The first kappa shape index (κ1) is 12.3. The maximum Gasteiger partial charge on any atom is 0.354 e. The number of hydrogen-bond acceptors (Lipinski definition) is 3. The van der Waals surface area contributed by atoms with Crippen LogP contribution in [-0.2, 0) is 6.42 Å². The van der Waals surface area contributed by atoms with Gasteiger partial charge in [-0.3, -0.25) is 0 Å². The molecule has 0 aliphatic carbocycles. The SMILES string of the molecule is CCc1ccc(-c2cc(C(=O)O)nc3ccnn23)cc1. The molecule has 0 atom stereocenters. The molecule has 0 bridgehead atoms. The van der Waals surface area contributed by atoms with Crippen molar-refractivity contribution in [1.82, 2.24) is 14.6 Å². The smallest absolute Gasteiger partial charge is 0.354 e. The Labute approximate surface area is 115 Å². The summed E-state index contributed by atoms with van der Waals surface area (Å²) in [6.07, 6.45) is 2.58. The van der Waals surface area contributed by atoms with E-state index in [2.05, 4.69) is 17.0 Å². The van der Waals surface area contributed by atoms with Crippen LogP contribution in [0, 0.1) is 0 Å². The molecule has 0 saturated carbocycles. The molecule has 0 aliphatic heterocycles. The summed E-state index contributed by atoms with van der Waals surface area (Å²) in [4.78, 5) is 15.2. The van der Waals surface area contributed by atoms with Gasteiger partial charge in [-0.15, -0.1) is 0 Å². The minimum atomic E-state index is -1.04. The maximum absolute atomic E-state index is 11.2. The number of rotatable bonds is 3. The molecular formula is C15H13N3O2. The number of aryl methyl sites for hydroxylation is 1. The summed E-state index contributed by atoms with van der Waals surface area (Å²) in [5.74, 6) is -1.04. The Morgan fingerprint density at radius 2 is 2.00 bits per heavy atom. The number of carboxylic acids is 1. The molecule has 0 fully saturated rings. The largest absolute Gasteiger partial charge is 0.477 e. The molecule has 0 aliphatic rings. The lowest BCUT2D eigenvalue weighted by atomic mass is 10.1. The Kier molecular flexibility index (Phi) is 2.95. The van der Waals surface area contributed by atoms with E-state index in [1.165, 1.54) is 5.56 Å². The van der Waals surface area contributed by atoms with Gasteiger partial charge in [0.05, 0.1) is 11.9 Å². The highest BCUT2D eigenvalue weighted by atomic mass is 16.4. The van der Waals surface area contributed by atoms with Crippen LogP contribution < -0.4 is 0 Å². The van der Waals surface area contributed by atoms with E-state index in [4.69, 9.17) is 5.11 Å². The first-order chi connectivity index (χ1) is 9.69. The first-order valence-corrected chi connectivity index (χ1v) is 6.36.